The molecule has 10 nitrogen and oxygen atoms in total. The number of fused-ring (bicyclic) bond motifs is 1. The average Bonchev–Trinajstić information content (AvgIpc) is 2.92. The Hall–Kier alpha value is -4.64. The molecule has 2 amide bonds. The van der Waals surface area contributed by atoms with E-state index in [4.69, 9.17) is 20.9 Å². The average molecular weight is 562 g/mol. The smallest absolute Gasteiger partial charge is 0.259 e. The summed E-state index contributed by atoms with van der Waals surface area (Å²) in [4.78, 5) is 29.6. The van der Waals surface area contributed by atoms with Crippen LogP contribution in [0.2, 0.25) is 0 Å². The lowest BCUT2D eigenvalue weighted by Crippen LogP contribution is -2.35. The van der Waals surface area contributed by atoms with Crippen LogP contribution in [-0.4, -0.2) is 33.7 Å². The Morgan fingerprint density at radius 1 is 1.02 bits per heavy atom. The lowest BCUT2D eigenvalue weighted by molar-refractivity contribution is -0.120. The van der Waals surface area contributed by atoms with E-state index in [-0.39, 0.29) is 16.6 Å². The van der Waals surface area contributed by atoms with Crippen LogP contribution in [0.25, 0.3) is 10.8 Å². The summed E-state index contributed by atoms with van der Waals surface area (Å²) in [5.74, 6) is 0.177. The van der Waals surface area contributed by atoms with E-state index in [1.54, 1.807) is 36.5 Å². The Bertz CT molecular complexity index is 1580. The minimum Gasteiger partial charge on any atom is -0.490 e. The quantitative estimate of drug-likeness (QED) is 0.213. The Labute approximate surface area is 234 Å². The van der Waals surface area contributed by atoms with Gasteiger partial charge in [-0.15, -0.1) is 0 Å². The first-order valence-electron chi connectivity index (χ1n) is 12.6. The number of primary amides is 1. The molecule has 11 heteroatoms. The molecule has 4 aromatic rings. The minimum absolute atomic E-state index is 0.0830. The third-order valence-corrected chi connectivity index (χ3v) is 6.93. The molecule has 0 saturated carbocycles. The summed E-state index contributed by atoms with van der Waals surface area (Å²) >= 11 is 0. The number of nitrogens with two attached hydrogens (primary N) is 2. The molecule has 6 N–H and O–H groups in total. The van der Waals surface area contributed by atoms with Crippen LogP contribution in [-0.2, 0) is 15.8 Å². The molecule has 208 valence electrons. The summed E-state index contributed by atoms with van der Waals surface area (Å²) in [6.45, 7) is 6.06. The molecule has 0 spiro atoms. The molecule has 2 unspecified atom stereocenters. The van der Waals surface area contributed by atoms with Gasteiger partial charge in [-0.25, -0.2) is 9.19 Å². The lowest BCUT2D eigenvalue weighted by Gasteiger charge is -2.22. The third-order valence-electron chi connectivity index (χ3n) is 5.86. The summed E-state index contributed by atoms with van der Waals surface area (Å²) < 4.78 is 27.3. The molecule has 0 aliphatic heterocycles. The van der Waals surface area contributed by atoms with Gasteiger partial charge in [-0.1, -0.05) is 12.1 Å². The van der Waals surface area contributed by atoms with Crippen LogP contribution in [0.5, 0.6) is 11.5 Å². The number of amides is 2. The van der Waals surface area contributed by atoms with Gasteiger partial charge in [-0.2, -0.15) is 0 Å². The van der Waals surface area contributed by atoms with Crippen molar-refractivity contribution in [2.75, 3.05) is 17.7 Å². The van der Waals surface area contributed by atoms with Crippen molar-refractivity contribution in [2.45, 2.75) is 37.8 Å². The zero-order valence-corrected chi connectivity index (χ0v) is 23.2. The molecule has 0 bridgehead atoms. The topological polar surface area (TPSA) is 159 Å². The highest BCUT2D eigenvalue weighted by Crippen LogP contribution is 2.33. The van der Waals surface area contributed by atoms with Crippen LogP contribution < -0.4 is 31.0 Å². The first-order valence-corrected chi connectivity index (χ1v) is 13.8. The molecule has 0 saturated heterocycles. The number of nitrogens with one attached hydrogen (secondary N) is 2. The van der Waals surface area contributed by atoms with E-state index >= 15 is 0 Å². The number of nitrogens with zero attached hydrogens (tertiary/aromatic N) is 1. The van der Waals surface area contributed by atoms with E-state index in [2.05, 4.69) is 15.0 Å². The van der Waals surface area contributed by atoms with Crippen LogP contribution in [0.4, 0.5) is 11.5 Å². The van der Waals surface area contributed by atoms with Gasteiger partial charge in [-0.3, -0.25) is 14.3 Å². The lowest BCUT2D eigenvalue weighted by atomic mass is 10.0. The van der Waals surface area contributed by atoms with Crippen LogP contribution in [0.1, 0.15) is 42.7 Å². The Kier molecular flexibility index (Phi) is 8.85. The summed E-state index contributed by atoms with van der Waals surface area (Å²) in [7, 11) is -1.97. The molecule has 4 rings (SSSR count). The van der Waals surface area contributed by atoms with Crippen LogP contribution >= 0.6 is 0 Å². The maximum absolute atomic E-state index is 13.6. The van der Waals surface area contributed by atoms with Gasteiger partial charge in [0.05, 0.1) is 17.6 Å². The van der Waals surface area contributed by atoms with Crippen LogP contribution in [0, 0.1) is 0 Å². The monoisotopic (exact) mass is 561 g/mol. The minimum atomic E-state index is -1.97. The van der Waals surface area contributed by atoms with Crippen molar-refractivity contribution in [3.05, 3.63) is 84.1 Å². The molecule has 40 heavy (non-hydrogen) atoms. The molecule has 3 aromatic carbocycles. The zero-order valence-electron chi connectivity index (χ0n) is 22.3. The fraction of sp³-hybridized carbons (Fsp3) is 0.207. The number of benzene rings is 3. The summed E-state index contributed by atoms with van der Waals surface area (Å²) in [5, 5.41) is 4.85. The summed E-state index contributed by atoms with van der Waals surface area (Å²) in [6, 6.07) is 17.5. The van der Waals surface area contributed by atoms with Gasteiger partial charge >= 0.3 is 0 Å². The maximum atomic E-state index is 13.6. The third kappa shape index (κ3) is 6.67. The second-order valence-electron chi connectivity index (χ2n) is 9.14. The van der Waals surface area contributed by atoms with E-state index in [0.29, 0.717) is 35.2 Å². The predicted octanol–water partition coefficient (Wildman–Crippen LogP) is 4.09. The van der Waals surface area contributed by atoms with Crippen molar-refractivity contribution < 1.29 is 23.3 Å². The number of carbonyl (C=O) groups excluding carboxylic acids is 2. The maximum Gasteiger partial charge on any atom is 0.259 e. The van der Waals surface area contributed by atoms with Crippen molar-refractivity contribution in [2.24, 2.45) is 5.73 Å². The SMILES string of the molecule is CCOc1cc(C(Nc2ccc3c(N)nccc3c2)C(=O)NS(=O)c2cccc(C(N)=O)c2)ccc1OC(C)C. The number of anilines is 2. The fourth-order valence-corrected chi connectivity index (χ4v) is 4.91. The van der Waals surface area contributed by atoms with E-state index < -0.39 is 28.8 Å². The molecule has 2 atom stereocenters. The fourth-order valence-electron chi connectivity index (χ4n) is 4.06. The number of ether oxygens (including phenoxy) is 2. The van der Waals surface area contributed by atoms with Gasteiger partial charge in [0.15, 0.2) is 22.5 Å². The van der Waals surface area contributed by atoms with Gasteiger partial charge in [0.1, 0.15) is 11.9 Å². The summed E-state index contributed by atoms with van der Waals surface area (Å²) in [5.41, 5.74) is 12.7. The Morgan fingerprint density at radius 2 is 1.82 bits per heavy atom. The first-order chi connectivity index (χ1) is 19.2. The number of rotatable bonds is 11. The highest BCUT2D eigenvalue weighted by molar-refractivity contribution is 7.83. The number of pyridine rings is 1. The van der Waals surface area contributed by atoms with Gasteiger partial charge < -0.3 is 26.3 Å². The van der Waals surface area contributed by atoms with E-state index in [1.807, 2.05) is 39.0 Å². The van der Waals surface area contributed by atoms with Gasteiger partial charge in [0.25, 0.3) is 5.91 Å². The Morgan fingerprint density at radius 3 is 2.55 bits per heavy atom. The number of hydrogen-bond acceptors (Lipinski definition) is 8. The zero-order chi connectivity index (χ0) is 28.8. The Balaban J connectivity index is 1.70. The van der Waals surface area contributed by atoms with E-state index in [0.717, 1.165) is 10.8 Å². The van der Waals surface area contributed by atoms with Crippen LogP contribution in [0.15, 0.2) is 77.8 Å². The van der Waals surface area contributed by atoms with Crippen molar-refractivity contribution in [1.29, 1.82) is 0 Å². The molecule has 0 aliphatic carbocycles. The second kappa shape index (κ2) is 12.5. The standard InChI is InChI=1S/C29H31N5O5S/c1-4-38-25-16-19(8-11-24(25)39-17(2)3)26(33-21-9-10-23-18(14-21)12-13-32-27(23)30)29(36)34-40(37)22-7-5-6-20(15-22)28(31)35/h5-17,26,33H,4H2,1-3H3,(H2,30,32)(H2,31,35)(H,34,36). The van der Waals surface area contributed by atoms with Crippen molar-refractivity contribution >= 4 is 45.1 Å². The number of aromatic nitrogens is 1. The molecule has 0 fully saturated rings. The van der Waals surface area contributed by atoms with Gasteiger partial charge in [0, 0.05) is 22.8 Å². The number of nitrogen functional groups attached to an aromatic ring is 1. The van der Waals surface area contributed by atoms with E-state index in [9.17, 15) is 13.8 Å². The van der Waals surface area contributed by atoms with Crippen molar-refractivity contribution in [3.8, 4) is 11.5 Å². The molecule has 0 radical (unpaired) electrons. The largest absolute Gasteiger partial charge is 0.490 e. The van der Waals surface area contributed by atoms with Crippen LogP contribution in [0.3, 0.4) is 0 Å². The normalized spacial score (nSPS) is 12.5. The molecule has 1 aromatic heterocycles. The highest BCUT2D eigenvalue weighted by atomic mass is 32.2. The van der Waals surface area contributed by atoms with Gasteiger partial charge in [-0.05, 0) is 86.3 Å². The first kappa shape index (κ1) is 28.4. The van der Waals surface area contributed by atoms with Crippen molar-refractivity contribution in [1.82, 2.24) is 9.71 Å². The van der Waals surface area contributed by atoms with Gasteiger partial charge in [0.2, 0.25) is 5.91 Å². The van der Waals surface area contributed by atoms with Crippen molar-refractivity contribution in [3.63, 3.8) is 0 Å². The molecule has 1 heterocycles. The summed E-state index contributed by atoms with van der Waals surface area (Å²) in [6.07, 6.45) is 1.52. The molecular weight excluding hydrogens is 530 g/mol. The van der Waals surface area contributed by atoms with E-state index in [1.165, 1.54) is 18.2 Å². The predicted molar refractivity (Wildman–Crippen MR) is 155 cm³/mol. The number of hydrogen-bond donors (Lipinski definition) is 4. The highest BCUT2D eigenvalue weighted by Gasteiger charge is 2.25. The molecule has 0 aliphatic rings. The number of carbonyl (C=O) groups is 2. The second-order valence-corrected chi connectivity index (χ2v) is 10.4. The molecular formula is C29H31N5O5S.